The van der Waals surface area contributed by atoms with E-state index in [9.17, 15) is 0 Å². The maximum atomic E-state index is 4.78. The van der Waals surface area contributed by atoms with Crippen molar-refractivity contribution >= 4 is 22.7 Å². The van der Waals surface area contributed by atoms with Gasteiger partial charge in [0, 0.05) is 38.1 Å². The predicted molar refractivity (Wildman–Crippen MR) is 88.3 cm³/mol. The minimum absolute atomic E-state index is 1.02. The zero-order chi connectivity index (χ0) is 14.2. The number of pyridine rings is 1. The van der Waals surface area contributed by atoms with Crippen molar-refractivity contribution in [1.82, 2.24) is 14.7 Å². The van der Waals surface area contributed by atoms with Crippen LogP contribution in [0.5, 0.6) is 0 Å². The Morgan fingerprint density at radius 3 is 2.81 bits per heavy atom. The monoisotopic (exact) mass is 298 g/mol. The summed E-state index contributed by atoms with van der Waals surface area (Å²) < 4.78 is 2.21. The Balaban J connectivity index is 1.78. The second kappa shape index (κ2) is 5.16. The van der Waals surface area contributed by atoms with E-state index in [1.54, 1.807) is 11.3 Å². The summed E-state index contributed by atoms with van der Waals surface area (Å²) >= 11 is 1.74. The largest absolute Gasteiger partial charge is 0.368 e. The molecule has 0 atom stereocenters. The fourth-order valence-corrected chi connectivity index (χ4v) is 3.67. The van der Waals surface area contributed by atoms with Gasteiger partial charge in [0.2, 0.25) is 0 Å². The summed E-state index contributed by atoms with van der Waals surface area (Å²) in [5.41, 5.74) is 4.61. The molecule has 0 saturated carbocycles. The molecule has 5 heteroatoms. The van der Waals surface area contributed by atoms with Gasteiger partial charge < -0.3 is 14.6 Å². The molecule has 4 heterocycles. The zero-order valence-electron chi connectivity index (χ0n) is 12.0. The first-order valence-corrected chi connectivity index (χ1v) is 8.19. The van der Waals surface area contributed by atoms with Crippen LogP contribution >= 0.6 is 11.3 Å². The van der Waals surface area contributed by atoms with Crippen molar-refractivity contribution in [1.29, 1.82) is 0 Å². The summed E-state index contributed by atoms with van der Waals surface area (Å²) in [4.78, 5) is 8.45. The Morgan fingerprint density at radius 2 is 2.05 bits per heavy atom. The lowest BCUT2D eigenvalue weighted by Crippen LogP contribution is -2.43. The molecule has 0 unspecified atom stereocenters. The van der Waals surface area contributed by atoms with E-state index < -0.39 is 0 Å². The lowest BCUT2D eigenvalue weighted by Gasteiger charge is -2.29. The van der Waals surface area contributed by atoms with E-state index in [-0.39, 0.29) is 0 Å². The van der Waals surface area contributed by atoms with Crippen LogP contribution < -0.4 is 10.2 Å². The number of aryl methyl sites for hydroxylation is 1. The Hall–Kier alpha value is -1.85. The van der Waals surface area contributed by atoms with E-state index in [1.165, 1.54) is 16.3 Å². The van der Waals surface area contributed by atoms with Crippen LogP contribution in [-0.4, -0.2) is 35.6 Å². The van der Waals surface area contributed by atoms with Crippen LogP contribution in [0.1, 0.15) is 5.69 Å². The number of hydrogen-bond donors (Lipinski definition) is 1. The van der Waals surface area contributed by atoms with Gasteiger partial charge in [0.15, 0.2) is 0 Å². The summed E-state index contributed by atoms with van der Waals surface area (Å²) in [5.74, 6) is 0. The van der Waals surface area contributed by atoms with Crippen LogP contribution in [0, 0.1) is 6.92 Å². The topological polar surface area (TPSA) is 32.6 Å². The molecule has 1 N–H and O–H groups in total. The van der Waals surface area contributed by atoms with E-state index in [1.807, 2.05) is 0 Å². The van der Waals surface area contributed by atoms with Gasteiger partial charge in [0.1, 0.15) is 11.3 Å². The smallest absolute Gasteiger partial charge is 0.137 e. The van der Waals surface area contributed by atoms with Gasteiger partial charge in [-0.25, -0.2) is 4.98 Å². The third-order valence-electron chi connectivity index (χ3n) is 4.08. The third-order valence-corrected chi connectivity index (χ3v) is 4.96. The molecule has 4 rings (SSSR count). The van der Waals surface area contributed by atoms with Gasteiger partial charge >= 0.3 is 0 Å². The van der Waals surface area contributed by atoms with E-state index in [0.29, 0.717) is 0 Å². The molecule has 0 radical (unpaired) electrons. The van der Waals surface area contributed by atoms with Gasteiger partial charge in [0.25, 0.3) is 0 Å². The molecule has 3 aromatic heterocycles. The van der Waals surface area contributed by atoms with Crippen molar-refractivity contribution < 1.29 is 0 Å². The van der Waals surface area contributed by atoms with Crippen molar-refractivity contribution in [2.45, 2.75) is 6.92 Å². The number of nitrogens with one attached hydrogen (secondary N) is 1. The van der Waals surface area contributed by atoms with Crippen LogP contribution in [0.2, 0.25) is 0 Å². The summed E-state index contributed by atoms with van der Waals surface area (Å²) in [7, 11) is 0. The van der Waals surface area contributed by atoms with Crippen LogP contribution in [0.3, 0.4) is 0 Å². The number of nitrogens with zero attached hydrogens (tertiary/aromatic N) is 3. The summed E-state index contributed by atoms with van der Waals surface area (Å²) in [6.07, 6.45) is 2.22. The second-order valence-electron chi connectivity index (χ2n) is 5.38. The molecular weight excluding hydrogens is 280 g/mol. The number of thiophene rings is 1. The molecule has 3 aromatic rings. The molecule has 0 aromatic carbocycles. The third kappa shape index (κ3) is 2.22. The fraction of sp³-hybridized carbons (Fsp3) is 0.312. The van der Waals surface area contributed by atoms with Gasteiger partial charge in [-0.3, -0.25) is 0 Å². The summed E-state index contributed by atoms with van der Waals surface area (Å²) in [6, 6.07) is 8.53. The Labute approximate surface area is 128 Å². The minimum Gasteiger partial charge on any atom is -0.368 e. The SMILES string of the molecule is Cc1c(-c2cccs2)nc2ccc(N3CCNCC3)cn12. The van der Waals surface area contributed by atoms with Gasteiger partial charge in [-0.15, -0.1) is 11.3 Å². The second-order valence-corrected chi connectivity index (χ2v) is 6.32. The number of aromatic nitrogens is 2. The highest BCUT2D eigenvalue weighted by Crippen LogP contribution is 2.29. The minimum atomic E-state index is 1.02. The van der Waals surface area contributed by atoms with Crippen molar-refractivity contribution in [2.24, 2.45) is 0 Å². The van der Waals surface area contributed by atoms with Gasteiger partial charge in [-0.05, 0) is 30.5 Å². The number of imidazole rings is 1. The first kappa shape index (κ1) is 12.9. The van der Waals surface area contributed by atoms with Gasteiger partial charge in [-0.2, -0.15) is 0 Å². The molecule has 4 nitrogen and oxygen atoms in total. The van der Waals surface area contributed by atoms with Crippen LogP contribution in [0.25, 0.3) is 16.2 Å². The van der Waals surface area contributed by atoms with E-state index in [2.05, 4.69) is 57.4 Å². The number of anilines is 1. The normalized spacial score (nSPS) is 15.8. The number of piperazine rings is 1. The Bertz CT molecular complexity index is 754. The lowest BCUT2D eigenvalue weighted by atomic mass is 10.3. The van der Waals surface area contributed by atoms with E-state index >= 15 is 0 Å². The first-order chi connectivity index (χ1) is 10.3. The quantitative estimate of drug-likeness (QED) is 0.789. The number of hydrogen-bond acceptors (Lipinski definition) is 4. The van der Waals surface area contributed by atoms with E-state index in [4.69, 9.17) is 4.98 Å². The average molecular weight is 298 g/mol. The molecule has 0 aliphatic carbocycles. The van der Waals surface area contributed by atoms with Crippen molar-refractivity contribution in [2.75, 3.05) is 31.1 Å². The van der Waals surface area contributed by atoms with Crippen molar-refractivity contribution in [3.05, 3.63) is 41.5 Å². The van der Waals surface area contributed by atoms with E-state index in [0.717, 1.165) is 37.5 Å². The van der Waals surface area contributed by atoms with Crippen LogP contribution in [0.4, 0.5) is 5.69 Å². The molecule has 1 fully saturated rings. The lowest BCUT2D eigenvalue weighted by molar-refractivity contribution is 0.588. The molecule has 21 heavy (non-hydrogen) atoms. The highest BCUT2D eigenvalue weighted by atomic mass is 32.1. The number of rotatable bonds is 2. The molecule has 1 aliphatic rings. The number of fused-ring (bicyclic) bond motifs is 1. The van der Waals surface area contributed by atoms with Crippen LogP contribution in [-0.2, 0) is 0 Å². The Kier molecular flexibility index (Phi) is 3.16. The van der Waals surface area contributed by atoms with Gasteiger partial charge in [0.05, 0.1) is 10.6 Å². The highest BCUT2D eigenvalue weighted by Gasteiger charge is 2.14. The standard InChI is InChI=1S/C16H18N4S/c1-12-16(14-3-2-10-21-14)18-15-5-4-13(11-20(12)15)19-8-6-17-7-9-19/h2-5,10-11,17H,6-9H2,1H3. The zero-order valence-corrected chi connectivity index (χ0v) is 12.9. The Morgan fingerprint density at radius 1 is 1.19 bits per heavy atom. The molecule has 1 saturated heterocycles. The molecule has 0 bridgehead atoms. The molecule has 0 spiro atoms. The maximum Gasteiger partial charge on any atom is 0.137 e. The average Bonchev–Trinajstić information content (AvgIpc) is 3.16. The molecular formula is C16H18N4S. The predicted octanol–water partition coefficient (Wildman–Crippen LogP) is 2.78. The molecule has 0 amide bonds. The summed E-state index contributed by atoms with van der Waals surface area (Å²) in [5, 5.41) is 5.50. The van der Waals surface area contributed by atoms with Gasteiger partial charge in [-0.1, -0.05) is 6.07 Å². The van der Waals surface area contributed by atoms with Crippen molar-refractivity contribution in [3.63, 3.8) is 0 Å². The fourth-order valence-electron chi connectivity index (χ4n) is 2.91. The first-order valence-electron chi connectivity index (χ1n) is 7.31. The highest BCUT2D eigenvalue weighted by molar-refractivity contribution is 7.13. The maximum absolute atomic E-state index is 4.78. The molecule has 1 aliphatic heterocycles. The summed E-state index contributed by atoms with van der Waals surface area (Å²) in [6.45, 7) is 6.40. The molecule has 108 valence electrons. The van der Waals surface area contributed by atoms with Crippen LogP contribution in [0.15, 0.2) is 35.8 Å². The van der Waals surface area contributed by atoms with Crippen molar-refractivity contribution in [3.8, 4) is 10.6 Å².